The third kappa shape index (κ3) is 4.28. The highest BCUT2D eigenvalue weighted by Gasteiger charge is 2.50. The minimum absolute atomic E-state index is 0.0737. The third-order valence-electron chi connectivity index (χ3n) is 7.81. The summed E-state index contributed by atoms with van der Waals surface area (Å²) in [4.78, 5) is 28.0. The maximum absolute atomic E-state index is 14.0. The Hall–Kier alpha value is -4.26. The summed E-state index contributed by atoms with van der Waals surface area (Å²) in [5, 5.41) is 22.5. The maximum atomic E-state index is 14.0. The maximum Gasteiger partial charge on any atom is 0.256 e. The number of hydrogen-bond donors (Lipinski definition) is 1. The molecule has 1 N–H and O–H groups in total. The Morgan fingerprint density at radius 3 is 1.55 bits per heavy atom. The molecule has 0 aliphatic carbocycles. The molecule has 2 atom stereocenters. The highest BCUT2D eigenvalue weighted by molar-refractivity contribution is 6.19. The van der Waals surface area contributed by atoms with Crippen molar-refractivity contribution in [1.29, 1.82) is 0 Å². The second kappa shape index (κ2) is 9.56. The van der Waals surface area contributed by atoms with E-state index in [1.54, 1.807) is 18.2 Å². The van der Waals surface area contributed by atoms with Crippen molar-refractivity contribution in [3.63, 3.8) is 0 Å². The molecule has 0 fully saturated rings. The SMILES string of the molecule is CC1=NN(c2ccc(C)c(C)c2)C(=O)[C@@H]1C(c1cccc(O)c1)[C@H]1C(=O)N(c2ccc(C)c(C)c2)N=C1C. The molecule has 3 aromatic carbocycles. The van der Waals surface area contributed by atoms with Crippen molar-refractivity contribution in [1.82, 2.24) is 0 Å². The lowest BCUT2D eigenvalue weighted by Crippen LogP contribution is -2.40. The lowest BCUT2D eigenvalue weighted by Gasteiger charge is -2.29. The van der Waals surface area contributed by atoms with Crippen LogP contribution >= 0.6 is 0 Å². The minimum atomic E-state index is -0.697. The van der Waals surface area contributed by atoms with Crippen LogP contribution in [0.1, 0.15) is 47.6 Å². The first kappa shape index (κ1) is 25.4. The van der Waals surface area contributed by atoms with Gasteiger partial charge in [0.25, 0.3) is 11.8 Å². The number of hydrogen-bond acceptors (Lipinski definition) is 5. The van der Waals surface area contributed by atoms with Gasteiger partial charge in [-0.1, -0.05) is 24.3 Å². The monoisotopic (exact) mass is 508 g/mol. The van der Waals surface area contributed by atoms with E-state index in [-0.39, 0.29) is 17.6 Å². The number of benzene rings is 3. The fourth-order valence-electron chi connectivity index (χ4n) is 5.38. The van der Waals surface area contributed by atoms with Crippen molar-refractivity contribution in [2.24, 2.45) is 22.0 Å². The van der Waals surface area contributed by atoms with Gasteiger partial charge >= 0.3 is 0 Å². The molecule has 38 heavy (non-hydrogen) atoms. The van der Waals surface area contributed by atoms with E-state index >= 15 is 0 Å². The number of carbonyl (C=O) groups is 2. The molecule has 2 amide bonds. The van der Waals surface area contributed by atoms with Crippen LogP contribution < -0.4 is 10.0 Å². The van der Waals surface area contributed by atoms with Gasteiger partial charge in [0.2, 0.25) is 0 Å². The Kier molecular flexibility index (Phi) is 6.39. The molecule has 2 heterocycles. The normalized spacial score (nSPS) is 19.4. The molecule has 0 radical (unpaired) electrons. The number of amides is 2. The minimum Gasteiger partial charge on any atom is -0.508 e. The number of phenols is 1. The summed E-state index contributed by atoms with van der Waals surface area (Å²) in [6.07, 6.45) is 0. The zero-order chi connectivity index (χ0) is 27.3. The van der Waals surface area contributed by atoms with Gasteiger partial charge in [0.05, 0.1) is 23.2 Å². The molecular weight excluding hydrogens is 476 g/mol. The zero-order valence-corrected chi connectivity index (χ0v) is 22.6. The summed E-state index contributed by atoms with van der Waals surface area (Å²) in [7, 11) is 0. The first-order valence-electron chi connectivity index (χ1n) is 12.8. The molecule has 7 nitrogen and oxygen atoms in total. The van der Waals surface area contributed by atoms with Crippen molar-refractivity contribution in [3.05, 3.63) is 88.5 Å². The number of hydrazone groups is 2. The first-order valence-corrected chi connectivity index (χ1v) is 12.8. The lowest BCUT2D eigenvalue weighted by atomic mass is 9.73. The molecule has 2 aliphatic heterocycles. The van der Waals surface area contributed by atoms with Crippen LogP contribution in [-0.2, 0) is 9.59 Å². The number of rotatable bonds is 5. The smallest absolute Gasteiger partial charge is 0.256 e. The van der Waals surface area contributed by atoms with Crippen LogP contribution in [0.4, 0.5) is 11.4 Å². The van der Waals surface area contributed by atoms with Crippen LogP contribution in [0.25, 0.3) is 0 Å². The molecule has 2 aliphatic rings. The average molecular weight is 509 g/mol. The van der Waals surface area contributed by atoms with Gasteiger partial charge in [-0.2, -0.15) is 10.2 Å². The predicted octanol–water partition coefficient (Wildman–Crippen LogP) is 5.79. The van der Waals surface area contributed by atoms with Crippen LogP contribution in [0.2, 0.25) is 0 Å². The molecule has 7 heteroatoms. The Labute approximate surface area is 223 Å². The molecule has 0 spiro atoms. The molecular formula is C31H32N4O3. The summed E-state index contributed by atoms with van der Waals surface area (Å²) < 4.78 is 0. The summed E-state index contributed by atoms with van der Waals surface area (Å²) in [5.41, 5.74) is 7.69. The van der Waals surface area contributed by atoms with Crippen LogP contribution in [0.3, 0.4) is 0 Å². The zero-order valence-electron chi connectivity index (χ0n) is 22.6. The van der Waals surface area contributed by atoms with E-state index in [0.717, 1.165) is 22.3 Å². The van der Waals surface area contributed by atoms with E-state index < -0.39 is 17.8 Å². The number of aryl methyl sites for hydroxylation is 4. The van der Waals surface area contributed by atoms with Crippen LogP contribution in [0.15, 0.2) is 70.9 Å². The highest BCUT2D eigenvalue weighted by Crippen LogP contribution is 2.43. The second-order valence-corrected chi connectivity index (χ2v) is 10.4. The number of anilines is 2. The fourth-order valence-corrected chi connectivity index (χ4v) is 5.38. The van der Waals surface area contributed by atoms with Crippen LogP contribution in [0, 0.1) is 39.5 Å². The first-order chi connectivity index (χ1) is 18.1. The van der Waals surface area contributed by atoms with Crippen molar-refractivity contribution in [3.8, 4) is 5.75 Å². The topological polar surface area (TPSA) is 85.6 Å². The largest absolute Gasteiger partial charge is 0.508 e. The summed E-state index contributed by atoms with van der Waals surface area (Å²) in [6.45, 7) is 11.7. The standard InChI is InChI=1S/C31H32N4O3/c1-17-10-12-24(14-19(17)3)34-30(37)27(21(5)32-34)29(23-8-7-9-26(36)16-23)28-22(6)33-35(31(28)38)25-13-11-18(2)20(4)15-25/h7-16,27-29,36H,1-6H3/t27-,28-/m0/s1. The highest BCUT2D eigenvalue weighted by atomic mass is 16.3. The number of phenolic OH excluding ortho intramolecular Hbond substituents is 1. The number of aromatic hydroxyl groups is 1. The fraction of sp³-hybridized carbons (Fsp3) is 0.290. The summed E-state index contributed by atoms with van der Waals surface area (Å²) >= 11 is 0. The van der Waals surface area contributed by atoms with E-state index in [1.807, 2.05) is 84.0 Å². The van der Waals surface area contributed by atoms with Gasteiger partial charge in [0, 0.05) is 17.3 Å². The molecule has 3 aromatic rings. The van der Waals surface area contributed by atoms with E-state index in [2.05, 4.69) is 10.2 Å². The average Bonchev–Trinajstić information content (AvgIpc) is 3.33. The van der Waals surface area contributed by atoms with Crippen LogP contribution in [0.5, 0.6) is 5.75 Å². The van der Waals surface area contributed by atoms with Crippen molar-refractivity contribution >= 4 is 34.6 Å². The van der Waals surface area contributed by atoms with Crippen molar-refractivity contribution in [2.75, 3.05) is 10.0 Å². The van der Waals surface area contributed by atoms with Gasteiger partial charge in [0.1, 0.15) is 5.75 Å². The van der Waals surface area contributed by atoms with Gasteiger partial charge in [-0.3, -0.25) is 9.59 Å². The van der Waals surface area contributed by atoms with Gasteiger partial charge < -0.3 is 5.11 Å². The van der Waals surface area contributed by atoms with Crippen molar-refractivity contribution in [2.45, 2.75) is 47.5 Å². The van der Waals surface area contributed by atoms with E-state index in [9.17, 15) is 14.7 Å². The predicted molar refractivity (Wildman–Crippen MR) is 151 cm³/mol. The third-order valence-corrected chi connectivity index (χ3v) is 7.81. The lowest BCUT2D eigenvalue weighted by molar-refractivity contribution is -0.122. The van der Waals surface area contributed by atoms with Gasteiger partial charge in [-0.25, -0.2) is 10.0 Å². The molecule has 0 saturated carbocycles. The Bertz CT molecular complexity index is 1430. The molecule has 0 unspecified atom stereocenters. The van der Waals surface area contributed by atoms with Gasteiger partial charge in [-0.05, 0) is 106 Å². The molecule has 0 saturated heterocycles. The Balaban J connectivity index is 1.57. The number of carbonyl (C=O) groups excluding carboxylic acids is 2. The van der Waals surface area contributed by atoms with Gasteiger partial charge in [0.15, 0.2) is 0 Å². The Morgan fingerprint density at radius 1 is 0.658 bits per heavy atom. The summed E-state index contributed by atoms with van der Waals surface area (Å²) in [6, 6.07) is 18.4. The molecule has 194 valence electrons. The molecule has 5 rings (SSSR count). The summed E-state index contributed by atoms with van der Waals surface area (Å²) in [5.74, 6) is -2.32. The quantitative estimate of drug-likeness (QED) is 0.474. The second-order valence-electron chi connectivity index (χ2n) is 10.4. The van der Waals surface area contributed by atoms with E-state index in [4.69, 9.17) is 0 Å². The van der Waals surface area contributed by atoms with E-state index in [1.165, 1.54) is 10.0 Å². The van der Waals surface area contributed by atoms with Crippen molar-refractivity contribution < 1.29 is 14.7 Å². The molecule has 0 bridgehead atoms. The van der Waals surface area contributed by atoms with Gasteiger partial charge in [-0.15, -0.1) is 0 Å². The molecule has 0 aromatic heterocycles. The van der Waals surface area contributed by atoms with E-state index in [0.29, 0.717) is 28.4 Å². The number of nitrogens with zero attached hydrogens (tertiary/aromatic N) is 4. The Morgan fingerprint density at radius 2 is 1.13 bits per heavy atom. The van der Waals surface area contributed by atoms with Crippen LogP contribution in [-0.4, -0.2) is 28.3 Å².